The summed E-state index contributed by atoms with van der Waals surface area (Å²) in [5, 5.41) is 4.70. The fourth-order valence-electron chi connectivity index (χ4n) is 3.43. The SMILES string of the molecule is COC(=O)NC(C(=O)NCC(F)(F)CCC(N)C(=O)OC)C(c1ccccc1)c1ccccc1. The number of carbonyl (C=O) groups excluding carboxylic acids is 3. The predicted octanol–water partition coefficient (Wildman–Crippen LogP) is 2.58. The lowest BCUT2D eigenvalue weighted by Gasteiger charge is -2.28. The van der Waals surface area contributed by atoms with Crippen LogP contribution in [0, 0.1) is 0 Å². The van der Waals surface area contributed by atoms with Gasteiger partial charge in [-0.2, -0.15) is 0 Å². The number of alkyl halides is 2. The second-order valence-corrected chi connectivity index (χ2v) is 7.65. The number of hydrogen-bond acceptors (Lipinski definition) is 6. The van der Waals surface area contributed by atoms with Crippen LogP contribution in [0.5, 0.6) is 0 Å². The Balaban J connectivity index is 2.24. The highest BCUT2D eigenvalue weighted by molar-refractivity contribution is 5.87. The number of nitrogens with one attached hydrogen (secondary N) is 2. The van der Waals surface area contributed by atoms with Gasteiger partial charge >= 0.3 is 12.1 Å². The van der Waals surface area contributed by atoms with Crippen LogP contribution in [-0.4, -0.2) is 56.7 Å². The van der Waals surface area contributed by atoms with Crippen molar-refractivity contribution in [1.29, 1.82) is 0 Å². The summed E-state index contributed by atoms with van der Waals surface area (Å²) in [4.78, 5) is 36.5. The van der Waals surface area contributed by atoms with Gasteiger partial charge in [-0.15, -0.1) is 0 Å². The highest BCUT2D eigenvalue weighted by Gasteiger charge is 2.36. The summed E-state index contributed by atoms with van der Waals surface area (Å²) in [5.74, 6) is -5.63. The van der Waals surface area contributed by atoms with E-state index < -0.39 is 54.9 Å². The van der Waals surface area contributed by atoms with Gasteiger partial charge in [0.2, 0.25) is 5.91 Å². The summed E-state index contributed by atoms with van der Waals surface area (Å²) in [6, 6.07) is 15.4. The third-order valence-electron chi connectivity index (χ3n) is 5.24. The number of methoxy groups -OCH3 is 2. The Labute approximate surface area is 196 Å². The molecule has 0 spiro atoms. The van der Waals surface area contributed by atoms with Crippen molar-refractivity contribution in [2.24, 2.45) is 5.73 Å². The number of alkyl carbamates (subject to hydrolysis) is 1. The minimum atomic E-state index is -3.34. The van der Waals surface area contributed by atoms with E-state index in [0.29, 0.717) is 11.1 Å². The summed E-state index contributed by atoms with van der Waals surface area (Å²) in [5.41, 5.74) is 6.91. The van der Waals surface area contributed by atoms with E-state index in [9.17, 15) is 23.2 Å². The van der Waals surface area contributed by atoms with Crippen LogP contribution < -0.4 is 16.4 Å². The Bertz CT molecular complexity index is 905. The number of ether oxygens (including phenoxy) is 2. The molecule has 0 radical (unpaired) electrons. The van der Waals surface area contributed by atoms with Gasteiger partial charge in [0.25, 0.3) is 5.92 Å². The number of esters is 1. The summed E-state index contributed by atoms with van der Waals surface area (Å²) < 4.78 is 37.9. The quantitative estimate of drug-likeness (QED) is 0.428. The van der Waals surface area contributed by atoms with Crippen LogP contribution in [0.4, 0.5) is 13.6 Å². The van der Waals surface area contributed by atoms with Crippen LogP contribution in [0.3, 0.4) is 0 Å². The largest absolute Gasteiger partial charge is 0.468 e. The van der Waals surface area contributed by atoms with Gasteiger partial charge in [-0.25, -0.2) is 13.6 Å². The molecule has 8 nitrogen and oxygen atoms in total. The van der Waals surface area contributed by atoms with Crippen molar-refractivity contribution in [2.45, 2.75) is 36.8 Å². The molecule has 0 heterocycles. The van der Waals surface area contributed by atoms with Crippen molar-refractivity contribution in [3.63, 3.8) is 0 Å². The minimum Gasteiger partial charge on any atom is -0.468 e. The molecule has 0 aromatic heterocycles. The average molecular weight is 478 g/mol. The number of amides is 2. The van der Waals surface area contributed by atoms with Crippen LogP contribution in [0.15, 0.2) is 60.7 Å². The summed E-state index contributed by atoms with van der Waals surface area (Å²) in [6.07, 6.45) is -1.94. The molecule has 34 heavy (non-hydrogen) atoms. The lowest BCUT2D eigenvalue weighted by Crippen LogP contribution is -2.52. The molecule has 2 aromatic carbocycles. The van der Waals surface area contributed by atoms with E-state index in [4.69, 9.17) is 5.73 Å². The molecule has 2 aromatic rings. The van der Waals surface area contributed by atoms with E-state index in [1.54, 1.807) is 60.7 Å². The number of rotatable bonds is 11. The first-order chi connectivity index (χ1) is 16.2. The second kappa shape index (κ2) is 12.6. The molecule has 2 rings (SSSR count). The van der Waals surface area contributed by atoms with Crippen molar-refractivity contribution in [1.82, 2.24) is 10.6 Å². The summed E-state index contributed by atoms with van der Waals surface area (Å²) in [7, 11) is 2.26. The van der Waals surface area contributed by atoms with Crippen LogP contribution in [-0.2, 0) is 19.1 Å². The first-order valence-corrected chi connectivity index (χ1v) is 10.6. The van der Waals surface area contributed by atoms with E-state index in [1.807, 2.05) is 0 Å². The van der Waals surface area contributed by atoms with Gasteiger partial charge in [0.05, 0.1) is 20.8 Å². The van der Waals surface area contributed by atoms with Crippen molar-refractivity contribution < 1.29 is 32.6 Å². The highest BCUT2D eigenvalue weighted by atomic mass is 19.3. The first kappa shape index (κ1) is 26.7. The van der Waals surface area contributed by atoms with Gasteiger partial charge in [-0.05, 0) is 17.5 Å². The Morgan fingerprint density at radius 1 is 0.941 bits per heavy atom. The van der Waals surface area contributed by atoms with E-state index in [1.165, 1.54) is 0 Å². The Morgan fingerprint density at radius 2 is 1.47 bits per heavy atom. The number of nitrogens with two attached hydrogens (primary N) is 1. The Morgan fingerprint density at radius 3 is 1.94 bits per heavy atom. The van der Waals surface area contributed by atoms with E-state index in [-0.39, 0.29) is 6.42 Å². The van der Waals surface area contributed by atoms with E-state index in [0.717, 1.165) is 14.2 Å². The maximum Gasteiger partial charge on any atom is 0.407 e. The maximum atomic E-state index is 14.4. The lowest BCUT2D eigenvalue weighted by molar-refractivity contribution is -0.142. The van der Waals surface area contributed by atoms with E-state index >= 15 is 0 Å². The number of benzene rings is 2. The molecule has 0 fully saturated rings. The average Bonchev–Trinajstić information content (AvgIpc) is 2.86. The van der Waals surface area contributed by atoms with Crippen molar-refractivity contribution in [2.75, 3.05) is 20.8 Å². The molecule has 2 atom stereocenters. The minimum absolute atomic E-state index is 0.323. The van der Waals surface area contributed by atoms with Crippen molar-refractivity contribution in [3.05, 3.63) is 71.8 Å². The summed E-state index contributed by atoms with van der Waals surface area (Å²) in [6.45, 7) is -1.00. The van der Waals surface area contributed by atoms with Crippen molar-refractivity contribution in [3.8, 4) is 0 Å². The van der Waals surface area contributed by atoms with Gasteiger partial charge < -0.3 is 25.8 Å². The smallest absolute Gasteiger partial charge is 0.407 e. The normalized spacial score (nSPS) is 13.0. The second-order valence-electron chi connectivity index (χ2n) is 7.65. The fourth-order valence-corrected chi connectivity index (χ4v) is 3.43. The van der Waals surface area contributed by atoms with Gasteiger partial charge in [0.15, 0.2) is 0 Å². The molecule has 0 aliphatic heterocycles. The van der Waals surface area contributed by atoms with Crippen LogP contribution in [0.25, 0.3) is 0 Å². The Hall–Kier alpha value is -3.53. The van der Waals surface area contributed by atoms with Crippen LogP contribution in [0.1, 0.15) is 29.9 Å². The third kappa shape index (κ3) is 7.80. The lowest BCUT2D eigenvalue weighted by atomic mass is 9.84. The van der Waals surface area contributed by atoms with Gasteiger partial charge in [-0.3, -0.25) is 9.59 Å². The molecule has 0 aliphatic rings. The molecule has 0 aliphatic carbocycles. The molecule has 4 N–H and O–H groups in total. The Kier molecular flexibility index (Phi) is 9.93. The molecule has 2 unspecified atom stereocenters. The molecule has 184 valence electrons. The molecule has 10 heteroatoms. The standard InChI is InChI=1S/C24H29F2N3O5/c1-33-22(31)18(27)13-14-24(25,26)15-28-21(30)20(29-23(32)34-2)19(16-9-5-3-6-10-16)17-11-7-4-8-12-17/h3-12,18-20H,13-15,27H2,1-2H3,(H,28,30)(H,29,32). The zero-order valence-corrected chi connectivity index (χ0v) is 19.0. The molecular formula is C24H29F2N3O5. The molecular weight excluding hydrogens is 448 g/mol. The number of hydrogen-bond donors (Lipinski definition) is 3. The third-order valence-corrected chi connectivity index (χ3v) is 5.24. The molecule has 0 bridgehead atoms. The zero-order valence-electron chi connectivity index (χ0n) is 19.0. The first-order valence-electron chi connectivity index (χ1n) is 10.6. The predicted molar refractivity (Wildman–Crippen MR) is 121 cm³/mol. The molecule has 2 amide bonds. The maximum absolute atomic E-state index is 14.4. The topological polar surface area (TPSA) is 120 Å². The number of halogens is 2. The number of carbonyl (C=O) groups is 3. The monoisotopic (exact) mass is 477 g/mol. The molecule has 0 saturated heterocycles. The van der Waals surface area contributed by atoms with Gasteiger partial charge in [-0.1, -0.05) is 60.7 Å². The van der Waals surface area contributed by atoms with Crippen LogP contribution in [0.2, 0.25) is 0 Å². The van der Waals surface area contributed by atoms with Crippen molar-refractivity contribution >= 4 is 18.0 Å². The van der Waals surface area contributed by atoms with E-state index in [2.05, 4.69) is 20.1 Å². The molecule has 0 saturated carbocycles. The zero-order chi connectivity index (χ0) is 25.1. The van der Waals surface area contributed by atoms with Gasteiger partial charge in [0.1, 0.15) is 12.1 Å². The summed E-state index contributed by atoms with van der Waals surface area (Å²) >= 11 is 0. The fraction of sp³-hybridized carbons (Fsp3) is 0.375. The van der Waals surface area contributed by atoms with Gasteiger partial charge in [0, 0.05) is 12.3 Å². The highest BCUT2D eigenvalue weighted by Crippen LogP contribution is 2.29. The van der Waals surface area contributed by atoms with Crippen LogP contribution >= 0.6 is 0 Å².